The van der Waals surface area contributed by atoms with Crippen LogP contribution in [-0.4, -0.2) is 4.57 Å². The molecule has 0 spiro atoms. The highest BCUT2D eigenvalue weighted by Gasteiger charge is 2.16. The van der Waals surface area contributed by atoms with Crippen LogP contribution in [0.5, 0.6) is 0 Å². The van der Waals surface area contributed by atoms with Gasteiger partial charge in [-0.15, -0.1) is 0 Å². The maximum atomic E-state index is 2.42. The Morgan fingerprint density at radius 1 is 0.245 bits per heavy atom. The molecule has 1 heterocycles. The molecule has 0 radical (unpaired) electrons. The van der Waals surface area contributed by atoms with Gasteiger partial charge in [0.15, 0.2) is 0 Å². The minimum absolute atomic E-state index is 1.18. The van der Waals surface area contributed by atoms with E-state index in [1.54, 1.807) is 0 Å². The molecule has 0 saturated carbocycles. The molecule has 0 bridgehead atoms. The molecule has 1 nitrogen and oxygen atoms in total. The third kappa shape index (κ3) is 4.40. The van der Waals surface area contributed by atoms with Crippen LogP contribution >= 0.6 is 0 Å². The lowest BCUT2D eigenvalue weighted by Crippen LogP contribution is -1.97. The van der Waals surface area contributed by atoms with Crippen molar-refractivity contribution in [3.05, 3.63) is 188 Å². The predicted octanol–water partition coefficient (Wildman–Crippen LogP) is 13.2. The second-order valence-corrected chi connectivity index (χ2v) is 12.9. The molecule has 49 heavy (non-hydrogen) atoms. The molecule has 0 amide bonds. The van der Waals surface area contributed by atoms with E-state index in [1.807, 2.05) is 0 Å². The van der Waals surface area contributed by atoms with Crippen LogP contribution in [0.3, 0.4) is 0 Å². The molecule has 0 unspecified atom stereocenters. The zero-order chi connectivity index (χ0) is 32.3. The molecule has 1 aromatic heterocycles. The van der Waals surface area contributed by atoms with E-state index in [2.05, 4.69) is 193 Å². The van der Waals surface area contributed by atoms with Crippen LogP contribution < -0.4 is 0 Å². The highest BCUT2D eigenvalue weighted by molar-refractivity contribution is 6.25. The van der Waals surface area contributed by atoms with Crippen molar-refractivity contribution in [3.8, 4) is 39.1 Å². The Labute approximate surface area is 284 Å². The normalized spacial score (nSPS) is 11.7. The molecule has 0 aliphatic heterocycles. The van der Waals surface area contributed by atoms with Gasteiger partial charge in [-0.1, -0.05) is 152 Å². The van der Waals surface area contributed by atoms with Gasteiger partial charge >= 0.3 is 0 Å². The molecule has 0 N–H and O–H groups in total. The second-order valence-electron chi connectivity index (χ2n) is 12.9. The van der Waals surface area contributed by atoms with Gasteiger partial charge in [-0.25, -0.2) is 0 Å². The lowest BCUT2D eigenvalue weighted by molar-refractivity contribution is 1.18. The number of para-hydroxylation sites is 3. The Morgan fingerprint density at radius 3 is 1.24 bits per heavy atom. The van der Waals surface area contributed by atoms with Crippen molar-refractivity contribution in [2.24, 2.45) is 0 Å². The number of fused-ring (bicyclic) bond motifs is 9. The summed E-state index contributed by atoms with van der Waals surface area (Å²) < 4.78 is 2.42. The fourth-order valence-electron chi connectivity index (χ4n) is 7.93. The smallest absolute Gasteiger partial charge is 0.0541 e. The van der Waals surface area contributed by atoms with Crippen molar-refractivity contribution in [2.75, 3.05) is 0 Å². The fraction of sp³-hybridized carbons (Fsp3) is 0. The monoisotopic (exact) mass is 621 g/mol. The van der Waals surface area contributed by atoms with Gasteiger partial charge in [0, 0.05) is 16.3 Å². The molecule has 10 rings (SSSR count). The molecule has 0 saturated heterocycles. The van der Waals surface area contributed by atoms with Gasteiger partial charge < -0.3 is 4.57 Å². The third-order valence-corrected chi connectivity index (χ3v) is 10.2. The Bertz CT molecular complexity index is 2800. The van der Waals surface area contributed by atoms with Gasteiger partial charge in [-0.05, 0) is 96.5 Å². The van der Waals surface area contributed by atoms with E-state index in [-0.39, 0.29) is 0 Å². The van der Waals surface area contributed by atoms with E-state index in [9.17, 15) is 0 Å². The van der Waals surface area contributed by atoms with Crippen molar-refractivity contribution in [1.29, 1.82) is 0 Å². The van der Waals surface area contributed by atoms with Crippen LogP contribution in [-0.2, 0) is 0 Å². The standard InChI is InChI=1S/C48H31N/c1-2-20-40-38(18-1)39-19-3-4-21-41(39)45-31-35(27-28-42(40)45)33-14-11-13-32(29-33)34-15-12-16-36(30-34)37-17-5-8-24-46(37)49-47-25-9-6-22-43(47)44-23-7-10-26-48(44)49/h1-31H. The Kier molecular flexibility index (Phi) is 6.25. The fourth-order valence-corrected chi connectivity index (χ4v) is 7.93. The molecule has 0 aliphatic carbocycles. The molecule has 1 heteroatoms. The zero-order valence-corrected chi connectivity index (χ0v) is 26.8. The summed E-state index contributed by atoms with van der Waals surface area (Å²) in [5, 5.41) is 10.3. The summed E-state index contributed by atoms with van der Waals surface area (Å²) in [6, 6.07) is 68.7. The van der Waals surface area contributed by atoms with E-state index in [0.29, 0.717) is 0 Å². The lowest BCUT2D eigenvalue weighted by atomic mass is 9.91. The Balaban J connectivity index is 1.09. The number of aromatic nitrogens is 1. The zero-order valence-electron chi connectivity index (χ0n) is 26.8. The molecular weight excluding hydrogens is 591 g/mol. The molecule has 228 valence electrons. The topological polar surface area (TPSA) is 4.93 Å². The average Bonchev–Trinajstić information content (AvgIpc) is 3.52. The van der Waals surface area contributed by atoms with Gasteiger partial charge in [0.05, 0.1) is 16.7 Å². The van der Waals surface area contributed by atoms with Crippen molar-refractivity contribution >= 4 is 54.1 Å². The first-order valence-corrected chi connectivity index (χ1v) is 16.9. The van der Waals surface area contributed by atoms with Crippen molar-refractivity contribution in [3.63, 3.8) is 0 Å². The quantitative estimate of drug-likeness (QED) is 0.172. The SMILES string of the molecule is c1cc(-c2cccc(-c3ccccc3-n3c4ccccc4c4ccccc43)c2)cc(-c2ccc3c4ccccc4c4ccccc4c3c2)c1. The summed E-state index contributed by atoms with van der Waals surface area (Å²) in [5.41, 5.74) is 10.9. The van der Waals surface area contributed by atoms with E-state index in [1.165, 1.54) is 93.2 Å². The van der Waals surface area contributed by atoms with Gasteiger partial charge in [-0.3, -0.25) is 0 Å². The first-order chi connectivity index (χ1) is 24.3. The molecule has 0 fully saturated rings. The van der Waals surface area contributed by atoms with Crippen LogP contribution in [0.2, 0.25) is 0 Å². The maximum Gasteiger partial charge on any atom is 0.0541 e. The summed E-state index contributed by atoms with van der Waals surface area (Å²) in [4.78, 5) is 0. The van der Waals surface area contributed by atoms with Crippen molar-refractivity contribution in [2.45, 2.75) is 0 Å². The van der Waals surface area contributed by atoms with Crippen LogP contribution in [0.4, 0.5) is 0 Å². The van der Waals surface area contributed by atoms with Crippen LogP contribution in [0, 0.1) is 0 Å². The van der Waals surface area contributed by atoms with Crippen molar-refractivity contribution < 1.29 is 0 Å². The average molecular weight is 622 g/mol. The largest absolute Gasteiger partial charge is 0.309 e. The highest BCUT2D eigenvalue weighted by atomic mass is 15.0. The number of benzene rings is 9. The minimum atomic E-state index is 1.18. The van der Waals surface area contributed by atoms with E-state index < -0.39 is 0 Å². The number of rotatable bonds is 4. The Morgan fingerprint density at radius 2 is 0.653 bits per heavy atom. The molecular formula is C48H31N. The minimum Gasteiger partial charge on any atom is -0.309 e. The van der Waals surface area contributed by atoms with E-state index in [4.69, 9.17) is 0 Å². The summed E-state index contributed by atoms with van der Waals surface area (Å²) in [7, 11) is 0. The number of hydrogen-bond donors (Lipinski definition) is 0. The highest BCUT2D eigenvalue weighted by Crippen LogP contribution is 2.39. The molecule has 0 aliphatic rings. The first kappa shape index (κ1) is 27.7. The van der Waals surface area contributed by atoms with Gasteiger partial charge in [0.2, 0.25) is 0 Å². The molecule has 0 atom stereocenters. The van der Waals surface area contributed by atoms with Crippen LogP contribution in [0.25, 0.3) is 93.2 Å². The van der Waals surface area contributed by atoms with Gasteiger partial charge in [-0.2, -0.15) is 0 Å². The van der Waals surface area contributed by atoms with E-state index in [0.717, 1.165) is 0 Å². The van der Waals surface area contributed by atoms with Crippen LogP contribution in [0.1, 0.15) is 0 Å². The number of nitrogens with zero attached hydrogens (tertiary/aromatic N) is 1. The first-order valence-electron chi connectivity index (χ1n) is 16.9. The lowest BCUT2D eigenvalue weighted by Gasteiger charge is -2.15. The summed E-state index contributed by atoms with van der Waals surface area (Å²) in [6.45, 7) is 0. The van der Waals surface area contributed by atoms with Crippen LogP contribution in [0.15, 0.2) is 188 Å². The Hall–Kier alpha value is -6.44. The molecule has 9 aromatic carbocycles. The third-order valence-electron chi connectivity index (χ3n) is 10.2. The summed E-state index contributed by atoms with van der Waals surface area (Å²) in [6.07, 6.45) is 0. The predicted molar refractivity (Wildman–Crippen MR) is 210 cm³/mol. The summed E-state index contributed by atoms with van der Waals surface area (Å²) in [5.74, 6) is 0. The second kappa shape index (κ2) is 11.1. The molecule has 10 aromatic rings. The van der Waals surface area contributed by atoms with Crippen molar-refractivity contribution in [1.82, 2.24) is 4.57 Å². The van der Waals surface area contributed by atoms with E-state index >= 15 is 0 Å². The number of hydrogen-bond acceptors (Lipinski definition) is 0. The summed E-state index contributed by atoms with van der Waals surface area (Å²) >= 11 is 0. The maximum absolute atomic E-state index is 2.42. The van der Waals surface area contributed by atoms with Gasteiger partial charge in [0.1, 0.15) is 0 Å². The van der Waals surface area contributed by atoms with Gasteiger partial charge in [0.25, 0.3) is 0 Å².